The van der Waals surface area contributed by atoms with Gasteiger partial charge in [0.25, 0.3) is 0 Å². The molecule has 1 aromatic heterocycles. The van der Waals surface area contributed by atoms with Gasteiger partial charge >= 0.3 is 11.7 Å². The Balaban J connectivity index is 2.32. The van der Waals surface area contributed by atoms with Gasteiger partial charge < -0.3 is 10.1 Å². The molecule has 0 bridgehead atoms. The monoisotopic (exact) mass is 232 g/mol. The van der Waals surface area contributed by atoms with Crippen LogP contribution in [0.1, 0.15) is 27.3 Å². The average Bonchev–Trinajstić information content (AvgIpc) is 2.63. The van der Waals surface area contributed by atoms with Gasteiger partial charge in [0.05, 0.1) is 5.69 Å². The fraction of sp³-hybridized carbons (Fsp3) is 0.167. The summed E-state index contributed by atoms with van der Waals surface area (Å²) in [6.07, 6.45) is 0.390. The van der Waals surface area contributed by atoms with Crippen molar-refractivity contribution in [1.82, 2.24) is 9.97 Å². The Kier molecular flexibility index (Phi) is 2.82. The lowest BCUT2D eigenvalue weighted by Gasteiger charge is -2.01. The van der Waals surface area contributed by atoms with Crippen LogP contribution in [0.3, 0.4) is 0 Å². The van der Waals surface area contributed by atoms with E-state index < -0.39 is 11.7 Å². The van der Waals surface area contributed by atoms with Gasteiger partial charge in [0.15, 0.2) is 0 Å². The Morgan fingerprint density at radius 1 is 1.24 bits per heavy atom. The number of aromatic carboxylic acids is 1. The summed E-state index contributed by atoms with van der Waals surface area (Å²) in [5.41, 5.74) is 1.91. The van der Waals surface area contributed by atoms with E-state index >= 15 is 0 Å². The van der Waals surface area contributed by atoms with Gasteiger partial charge in [-0.2, -0.15) is 0 Å². The van der Waals surface area contributed by atoms with E-state index in [0.29, 0.717) is 12.1 Å². The van der Waals surface area contributed by atoms with Crippen molar-refractivity contribution < 1.29 is 9.90 Å². The van der Waals surface area contributed by atoms with Crippen molar-refractivity contribution in [2.45, 2.75) is 13.3 Å². The molecule has 0 amide bonds. The number of hydrogen-bond donors (Lipinski definition) is 3. The highest BCUT2D eigenvalue weighted by atomic mass is 16.4. The molecule has 0 aliphatic rings. The van der Waals surface area contributed by atoms with Crippen molar-refractivity contribution >= 4 is 5.97 Å². The van der Waals surface area contributed by atoms with Crippen LogP contribution < -0.4 is 5.69 Å². The van der Waals surface area contributed by atoms with Crippen molar-refractivity contribution in [1.29, 1.82) is 0 Å². The number of carboxylic acids is 1. The van der Waals surface area contributed by atoms with E-state index in [1.807, 2.05) is 31.2 Å². The van der Waals surface area contributed by atoms with Crippen molar-refractivity contribution in [2.24, 2.45) is 0 Å². The fourth-order valence-corrected chi connectivity index (χ4v) is 1.64. The molecule has 0 aliphatic carbocycles. The number of nitrogens with one attached hydrogen (secondary N) is 2. The van der Waals surface area contributed by atoms with Crippen LogP contribution in [0.25, 0.3) is 0 Å². The van der Waals surface area contributed by atoms with Crippen LogP contribution in [-0.4, -0.2) is 21.0 Å². The number of H-pyrrole nitrogens is 2. The lowest BCUT2D eigenvalue weighted by atomic mass is 10.1. The first-order chi connectivity index (χ1) is 8.06. The zero-order valence-corrected chi connectivity index (χ0v) is 9.28. The third kappa shape index (κ3) is 2.44. The lowest BCUT2D eigenvalue weighted by Crippen LogP contribution is -2.04. The summed E-state index contributed by atoms with van der Waals surface area (Å²) < 4.78 is 0. The molecular weight excluding hydrogens is 220 g/mol. The van der Waals surface area contributed by atoms with E-state index in [0.717, 1.165) is 11.1 Å². The number of imidazole rings is 1. The number of rotatable bonds is 3. The fourth-order valence-electron chi connectivity index (χ4n) is 1.64. The van der Waals surface area contributed by atoms with Gasteiger partial charge in [-0.25, -0.2) is 9.59 Å². The van der Waals surface area contributed by atoms with Gasteiger partial charge in [0.1, 0.15) is 5.69 Å². The molecule has 0 radical (unpaired) electrons. The van der Waals surface area contributed by atoms with Crippen molar-refractivity contribution in [3.63, 3.8) is 0 Å². The van der Waals surface area contributed by atoms with Gasteiger partial charge in [-0.3, -0.25) is 4.98 Å². The topological polar surface area (TPSA) is 86.0 Å². The van der Waals surface area contributed by atoms with Gasteiger partial charge in [-0.1, -0.05) is 29.8 Å². The number of aromatic nitrogens is 2. The zero-order chi connectivity index (χ0) is 12.4. The standard InChI is InChI=1S/C12H12N2O3/c1-7-2-4-8(5-3-7)6-9-10(11(15)16)14-12(17)13-9/h2-5H,6H2,1H3,(H,15,16)(H2,13,14,17). The van der Waals surface area contributed by atoms with Crippen LogP contribution >= 0.6 is 0 Å². The van der Waals surface area contributed by atoms with Gasteiger partial charge in [-0.05, 0) is 12.5 Å². The van der Waals surface area contributed by atoms with E-state index in [4.69, 9.17) is 5.11 Å². The Hall–Kier alpha value is -2.30. The summed E-state index contributed by atoms with van der Waals surface area (Å²) in [5, 5.41) is 8.91. The van der Waals surface area contributed by atoms with E-state index in [2.05, 4.69) is 9.97 Å². The molecule has 0 saturated heterocycles. The highest BCUT2D eigenvalue weighted by Crippen LogP contribution is 2.10. The predicted octanol–water partition coefficient (Wildman–Crippen LogP) is 1.30. The molecule has 0 saturated carbocycles. The molecule has 0 atom stereocenters. The summed E-state index contributed by atoms with van der Waals surface area (Å²) in [6, 6.07) is 7.71. The van der Waals surface area contributed by atoms with E-state index in [9.17, 15) is 9.59 Å². The summed E-state index contributed by atoms with van der Waals surface area (Å²) in [4.78, 5) is 26.7. The second-order valence-electron chi connectivity index (χ2n) is 3.90. The third-order valence-corrected chi connectivity index (χ3v) is 2.52. The van der Waals surface area contributed by atoms with Crippen LogP contribution in [0.5, 0.6) is 0 Å². The second-order valence-corrected chi connectivity index (χ2v) is 3.90. The van der Waals surface area contributed by atoms with E-state index in [1.54, 1.807) is 0 Å². The largest absolute Gasteiger partial charge is 0.477 e. The van der Waals surface area contributed by atoms with Crippen molar-refractivity contribution in [2.75, 3.05) is 0 Å². The molecular formula is C12H12N2O3. The molecule has 0 unspecified atom stereocenters. The maximum absolute atomic E-state index is 11.1. The Morgan fingerprint density at radius 3 is 2.47 bits per heavy atom. The first-order valence-corrected chi connectivity index (χ1v) is 5.16. The summed E-state index contributed by atoms with van der Waals surface area (Å²) in [6.45, 7) is 1.98. The summed E-state index contributed by atoms with van der Waals surface area (Å²) in [7, 11) is 0. The molecule has 1 heterocycles. The number of hydrogen-bond acceptors (Lipinski definition) is 2. The first-order valence-electron chi connectivity index (χ1n) is 5.16. The quantitative estimate of drug-likeness (QED) is 0.745. The van der Waals surface area contributed by atoms with Gasteiger partial charge in [0.2, 0.25) is 0 Å². The molecule has 5 heteroatoms. The van der Waals surface area contributed by atoms with E-state index in [-0.39, 0.29) is 5.69 Å². The SMILES string of the molecule is Cc1ccc(Cc2[nH]c(=O)[nH]c2C(=O)O)cc1. The highest BCUT2D eigenvalue weighted by Gasteiger charge is 2.14. The van der Waals surface area contributed by atoms with Crippen molar-refractivity contribution in [3.8, 4) is 0 Å². The molecule has 1 aromatic carbocycles. The third-order valence-electron chi connectivity index (χ3n) is 2.52. The lowest BCUT2D eigenvalue weighted by molar-refractivity contribution is 0.0690. The van der Waals surface area contributed by atoms with Crippen molar-refractivity contribution in [3.05, 3.63) is 57.3 Å². The van der Waals surface area contributed by atoms with E-state index in [1.165, 1.54) is 0 Å². The molecule has 0 aliphatic heterocycles. The van der Waals surface area contributed by atoms with Gasteiger partial charge in [-0.15, -0.1) is 0 Å². The van der Waals surface area contributed by atoms with Gasteiger partial charge in [0, 0.05) is 6.42 Å². The summed E-state index contributed by atoms with van der Waals surface area (Å²) in [5.74, 6) is -1.13. The number of benzene rings is 1. The summed E-state index contributed by atoms with van der Waals surface area (Å²) >= 11 is 0. The second kappa shape index (κ2) is 4.29. The minimum Gasteiger partial charge on any atom is -0.477 e. The minimum atomic E-state index is -1.13. The van der Waals surface area contributed by atoms with Crippen LogP contribution in [0.4, 0.5) is 0 Å². The Labute approximate surface area is 97.1 Å². The highest BCUT2D eigenvalue weighted by molar-refractivity contribution is 5.86. The minimum absolute atomic E-state index is 0.0735. The smallest absolute Gasteiger partial charge is 0.354 e. The Morgan fingerprint density at radius 2 is 1.88 bits per heavy atom. The number of aromatic amines is 2. The first kappa shape index (κ1) is 11.2. The maximum atomic E-state index is 11.1. The molecule has 88 valence electrons. The molecule has 0 spiro atoms. The molecule has 0 fully saturated rings. The number of carboxylic acid groups (broad SMARTS) is 1. The molecule has 3 N–H and O–H groups in total. The molecule has 2 aromatic rings. The van der Waals surface area contributed by atoms with Crippen LogP contribution in [0.15, 0.2) is 29.1 Å². The number of carbonyl (C=O) groups is 1. The van der Waals surface area contributed by atoms with Crippen LogP contribution in [0.2, 0.25) is 0 Å². The van der Waals surface area contributed by atoms with Crippen LogP contribution in [-0.2, 0) is 6.42 Å². The number of aryl methyl sites for hydroxylation is 1. The average molecular weight is 232 g/mol. The predicted molar refractivity (Wildman–Crippen MR) is 62.4 cm³/mol. The Bertz CT molecular complexity index is 593. The zero-order valence-electron chi connectivity index (χ0n) is 9.28. The molecule has 17 heavy (non-hydrogen) atoms. The normalized spacial score (nSPS) is 10.4. The molecule has 5 nitrogen and oxygen atoms in total. The van der Waals surface area contributed by atoms with Crippen LogP contribution in [0, 0.1) is 6.92 Å². The maximum Gasteiger partial charge on any atom is 0.354 e. The molecule has 2 rings (SSSR count).